The molecule has 0 saturated heterocycles. The highest BCUT2D eigenvalue weighted by Crippen LogP contribution is 2.33. The molecule has 0 aliphatic rings. The zero-order chi connectivity index (χ0) is 27.8. The third-order valence-electron chi connectivity index (χ3n) is 8.82. The summed E-state index contributed by atoms with van der Waals surface area (Å²) in [5.41, 5.74) is 0. The summed E-state index contributed by atoms with van der Waals surface area (Å²) in [6, 6.07) is 0. The number of unbranched alkanes of at least 4 members (excludes halogenated alkanes) is 22. The lowest BCUT2D eigenvalue weighted by atomic mass is 9.78. The summed E-state index contributed by atoms with van der Waals surface area (Å²) in [6.45, 7) is 4.63. The van der Waals surface area contributed by atoms with E-state index >= 15 is 0 Å². The number of hydrogen-bond acceptors (Lipinski definition) is 2. The van der Waals surface area contributed by atoms with Crippen LogP contribution < -0.4 is 0 Å². The molecule has 0 aromatic rings. The van der Waals surface area contributed by atoms with Crippen LogP contribution in [0.5, 0.6) is 0 Å². The molecule has 226 valence electrons. The van der Waals surface area contributed by atoms with Crippen LogP contribution in [0.2, 0.25) is 0 Å². The van der Waals surface area contributed by atoms with Crippen molar-refractivity contribution in [3.63, 3.8) is 0 Å². The number of aldehydes is 2. The monoisotopic (exact) mass is 535 g/mol. The van der Waals surface area contributed by atoms with Crippen molar-refractivity contribution in [1.29, 1.82) is 0 Å². The molecule has 0 aliphatic carbocycles. The van der Waals surface area contributed by atoms with Gasteiger partial charge in [-0.15, -0.1) is 0 Å². The summed E-state index contributed by atoms with van der Waals surface area (Å²) in [5.74, 6) is 1.89. The number of rotatable bonds is 33. The van der Waals surface area contributed by atoms with E-state index in [0.29, 0.717) is 0 Å². The van der Waals surface area contributed by atoms with E-state index in [2.05, 4.69) is 13.8 Å². The molecule has 38 heavy (non-hydrogen) atoms. The number of hydrogen-bond donors (Lipinski definition) is 0. The predicted molar refractivity (Wildman–Crippen MR) is 169 cm³/mol. The lowest BCUT2D eigenvalue weighted by Crippen LogP contribution is -2.16. The Morgan fingerprint density at radius 1 is 0.342 bits per heavy atom. The summed E-state index contributed by atoms with van der Waals surface area (Å²) in [6.07, 6.45) is 42.1. The van der Waals surface area contributed by atoms with Crippen molar-refractivity contribution in [3.05, 3.63) is 0 Å². The Morgan fingerprint density at radius 3 is 0.842 bits per heavy atom. The van der Waals surface area contributed by atoms with E-state index in [1.807, 2.05) is 0 Å². The van der Waals surface area contributed by atoms with Crippen LogP contribution in [0.3, 0.4) is 0 Å². The summed E-state index contributed by atoms with van der Waals surface area (Å²) in [5, 5.41) is 0. The predicted octanol–water partition coefficient (Wildman–Crippen LogP) is 12.4. The van der Waals surface area contributed by atoms with E-state index in [4.69, 9.17) is 0 Å². The molecule has 0 aromatic heterocycles. The van der Waals surface area contributed by atoms with Crippen LogP contribution in [0.1, 0.15) is 206 Å². The third-order valence-corrected chi connectivity index (χ3v) is 8.82. The van der Waals surface area contributed by atoms with Crippen molar-refractivity contribution in [2.75, 3.05) is 0 Å². The van der Waals surface area contributed by atoms with E-state index in [-0.39, 0.29) is 0 Å². The van der Waals surface area contributed by atoms with Gasteiger partial charge in [-0.25, -0.2) is 0 Å². The Balaban J connectivity index is 4.70. The fourth-order valence-corrected chi connectivity index (χ4v) is 6.29. The molecule has 0 bridgehead atoms. The standard InChI is InChI=1S/C36H70O2/c1-3-5-7-9-17-23-29-35(31-25-19-13-11-15-21-27-33-37)36(30-24-18-10-8-6-4-2)32-26-20-14-12-16-22-28-34-38/h33-36H,3-32H2,1-2H3. The van der Waals surface area contributed by atoms with Crippen molar-refractivity contribution >= 4 is 12.6 Å². The Hall–Kier alpha value is -0.660. The molecule has 0 saturated carbocycles. The maximum atomic E-state index is 10.5. The van der Waals surface area contributed by atoms with Gasteiger partial charge in [-0.1, -0.05) is 181 Å². The van der Waals surface area contributed by atoms with E-state index in [9.17, 15) is 9.59 Å². The minimum Gasteiger partial charge on any atom is -0.303 e. The van der Waals surface area contributed by atoms with Gasteiger partial charge in [0.15, 0.2) is 0 Å². The van der Waals surface area contributed by atoms with Crippen LogP contribution >= 0.6 is 0 Å². The largest absolute Gasteiger partial charge is 0.303 e. The quantitative estimate of drug-likeness (QED) is 0.0619. The smallest absolute Gasteiger partial charge is 0.119 e. The zero-order valence-corrected chi connectivity index (χ0v) is 26.3. The van der Waals surface area contributed by atoms with Crippen molar-refractivity contribution in [3.8, 4) is 0 Å². The highest BCUT2D eigenvalue weighted by atomic mass is 16.1. The van der Waals surface area contributed by atoms with E-state index in [1.165, 1.54) is 167 Å². The molecule has 0 N–H and O–H groups in total. The van der Waals surface area contributed by atoms with E-state index < -0.39 is 0 Å². The van der Waals surface area contributed by atoms with Gasteiger partial charge >= 0.3 is 0 Å². The molecule has 2 heteroatoms. The molecule has 0 amide bonds. The summed E-state index contributed by atoms with van der Waals surface area (Å²) < 4.78 is 0. The van der Waals surface area contributed by atoms with Crippen LogP contribution in [-0.4, -0.2) is 12.6 Å². The van der Waals surface area contributed by atoms with Crippen LogP contribution in [-0.2, 0) is 9.59 Å². The van der Waals surface area contributed by atoms with Gasteiger partial charge in [0.05, 0.1) is 0 Å². The number of carbonyl (C=O) groups is 2. The molecule has 0 radical (unpaired) electrons. The first-order valence-electron chi connectivity index (χ1n) is 17.7. The van der Waals surface area contributed by atoms with Crippen LogP contribution in [0.15, 0.2) is 0 Å². The molecule has 0 spiro atoms. The topological polar surface area (TPSA) is 34.1 Å². The Kier molecular flexibility index (Phi) is 32.0. The lowest BCUT2D eigenvalue weighted by molar-refractivity contribution is -0.108. The first-order chi connectivity index (χ1) is 18.8. The van der Waals surface area contributed by atoms with Gasteiger partial charge in [-0.3, -0.25) is 0 Å². The molecule has 0 aliphatic heterocycles. The lowest BCUT2D eigenvalue weighted by Gasteiger charge is -2.28. The van der Waals surface area contributed by atoms with E-state index in [1.54, 1.807) is 0 Å². The van der Waals surface area contributed by atoms with Crippen LogP contribution in [0, 0.1) is 11.8 Å². The van der Waals surface area contributed by atoms with Gasteiger partial charge < -0.3 is 9.59 Å². The van der Waals surface area contributed by atoms with Crippen molar-refractivity contribution in [2.24, 2.45) is 11.8 Å². The minimum absolute atomic E-state index is 0.749. The molecule has 0 aromatic carbocycles. The maximum absolute atomic E-state index is 10.5. The minimum atomic E-state index is 0.749. The molecule has 2 nitrogen and oxygen atoms in total. The molecular formula is C36H70O2. The summed E-state index contributed by atoms with van der Waals surface area (Å²) in [7, 11) is 0. The average Bonchev–Trinajstić information content (AvgIpc) is 2.93. The van der Waals surface area contributed by atoms with Crippen LogP contribution in [0.4, 0.5) is 0 Å². The van der Waals surface area contributed by atoms with Gasteiger partial charge in [0, 0.05) is 12.8 Å². The fourth-order valence-electron chi connectivity index (χ4n) is 6.29. The normalized spacial score (nSPS) is 13.0. The molecular weight excluding hydrogens is 464 g/mol. The summed E-state index contributed by atoms with van der Waals surface area (Å²) in [4.78, 5) is 21.1. The molecule has 0 fully saturated rings. The fraction of sp³-hybridized carbons (Fsp3) is 0.944. The van der Waals surface area contributed by atoms with Crippen LogP contribution in [0.25, 0.3) is 0 Å². The second kappa shape index (κ2) is 32.6. The second-order valence-corrected chi connectivity index (χ2v) is 12.4. The van der Waals surface area contributed by atoms with Gasteiger partial charge in [-0.05, 0) is 24.7 Å². The van der Waals surface area contributed by atoms with Gasteiger partial charge in [0.1, 0.15) is 12.6 Å². The van der Waals surface area contributed by atoms with Crippen molar-refractivity contribution < 1.29 is 9.59 Å². The van der Waals surface area contributed by atoms with E-state index in [0.717, 1.165) is 50.1 Å². The first kappa shape index (κ1) is 37.3. The van der Waals surface area contributed by atoms with Gasteiger partial charge in [0.2, 0.25) is 0 Å². The highest BCUT2D eigenvalue weighted by molar-refractivity contribution is 5.49. The number of carbonyl (C=O) groups excluding carboxylic acids is 2. The Bertz CT molecular complexity index is 418. The van der Waals surface area contributed by atoms with Gasteiger partial charge in [-0.2, -0.15) is 0 Å². The molecule has 2 atom stereocenters. The average molecular weight is 535 g/mol. The van der Waals surface area contributed by atoms with Crippen molar-refractivity contribution in [2.45, 2.75) is 206 Å². The third kappa shape index (κ3) is 26.9. The Morgan fingerprint density at radius 2 is 0.579 bits per heavy atom. The second-order valence-electron chi connectivity index (χ2n) is 12.4. The SMILES string of the molecule is CCCCCCCCC(CCCCCCCCC=O)C(CCCCCCCC)CCCCCCCCC=O. The van der Waals surface area contributed by atoms with Gasteiger partial charge in [0.25, 0.3) is 0 Å². The summed E-state index contributed by atoms with van der Waals surface area (Å²) >= 11 is 0. The Labute approximate surface area is 240 Å². The molecule has 0 heterocycles. The zero-order valence-electron chi connectivity index (χ0n) is 26.3. The molecule has 2 unspecified atom stereocenters. The highest BCUT2D eigenvalue weighted by Gasteiger charge is 2.20. The maximum Gasteiger partial charge on any atom is 0.119 e. The first-order valence-corrected chi connectivity index (χ1v) is 17.7. The molecule has 0 rings (SSSR count). The van der Waals surface area contributed by atoms with Crippen molar-refractivity contribution in [1.82, 2.24) is 0 Å².